The molecule has 6 nitrogen and oxygen atoms in total. The number of fused-ring (bicyclic) bond motifs is 1. The fourth-order valence-electron chi connectivity index (χ4n) is 3.72. The largest absolute Gasteiger partial charge is 0.451 e. The van der Waals surface area contributed by atoms with Crippen LogP contribution >= 0.6 is 0 Å². The lowest BCUT2D eigenvalue weighted by Crippen LogP contribution is -2.38. The molecule has 0 spiro atoms. The van der Waals surface area contributed by atoms with Crippen LogP contribution in [0.5, 0.6) is 0 Å². The van der Waals surface area contributed by atoms with Crippen LogP contribution in [0.2, 0.25) is 0 Å². The minimum Gasteiger partial charge on any atom is -0.451 e. The molecule has 27 heavy (non-hydrogen) atoms. The van der Waals surface area contributed by atoms with Crippen LogP contribution in [0.25, 0.3) is 11.0 Å². The third-order valence-electron chi connectivity index (χ3n) is 5.31. The maximum absolute atomic E-state index is 13.3. The van der Waals surface area contributed by atoms with Crippen LogP contribution < -0.4 is 0 Å². The molecule has 1 aliphatic rings. The highest BCUT2D eigenvalue weighted by molar-refractivity contribution is 5.99. The molecule has 1 saturated heterocycles. The number of amides is 1. The Morgan fingerprint density at radius 2 is 2.07 bits per heavy atom. The second-order valence-electron chi connectivity index (χ2n) is 7.71. The number of carbonyl (C=O) groups is 1. The first-order valence-electron chi connectivity index (χ1n) is 9.60. The molecule has 1 atom stereocenters. The van der Waals surface area contributed by atoms with Gasteiger partial charge in [-0.1, -0.05) is 31.1 Å². The van der Waals surface area contributed by atoms with Gasteiger partial charge in [-0.25, -0.2) is 0 Å². The number of carbonyl (C=O) groups excluding carboxylic acids is 1. The molecule has 1 aromatic carbocycles. The zero-order chi connectivity index (χ0) is 19.1. The van der Waals surface area contributed by atoms with E-state index in [1.807, 2.05) is 50.8 Å². The number of benzene rings is 1. The van der Waals surface area contributed by atoms with E-state index in [9.17, 15) is 4.79 Å². The summed E-state index contributed by atoms with van der Waals surface area (Å²) in [5.74, 6) is 1.70. The zero-order valence-corrected chi connectivity index (χ0v) is 16.3. The second kappa shape index (κ2) is 6.83. The zero-order valence-electron chi connectivity index (χ0n) is 16.3. The number of nitrogens with zero attached hydrogens (tertiary/aromatic N) is 3. The Labute approximate surface area is 158 Å². The van der Waals surface area contributed by atoms with Gasteiger partial charge >= 0.3 is 0 Å². The molecule has 3 heterocycles. The fourth-order valence-corrected chi connectivity index (χ4v) is 3.72. The third kappa shape index (κ3) is 3.13. The predicted octanol–water partition coefficient (Wildman–Crippen LogP) is 4.92. The monoisotopic (exact) mass is 367 g/mol. The van der Waals surface area contributed by atoms with Crippen LogP contribution in [0.3, 0.4) is 0 Å². The molecule has 1 amide bonds. The molecule has 6 heteroatoms. The van der Waals surface area contributed by atoms with E-state index in [2.05, 4.69) is 10.1 Å². The number of aromatic nitrogens is 2. The second-order valence-corrected chi connectivity index (χ2v) is 7.71. The number of hydrogen-bond acceptors (Lipinski definition) is 5. The maximum atomic E-state index is 13.3. The summed E-state index contributed by atoms with van der Waals surface area (Å²) in [7, 11) is 0. The van der Waals surface area contributed by atoms with Gasteiger partial charge in [0.25, 0.3) is 5.91 Å². The molecule has 3 aromatic rings. The van der Waals surface area contributed by atoms with Crippen molar-refractivity contribution in [2.45, 2.75) is 58.9 Å². The average molecular weight is 367 g/mol. The summed E-state index contributed by atoms with van der Waals surface area (Å²) < 4.78 is 11.5. The first kappa shape index (κ1) is 17.8. The summed E-state index contributed by atoms with van der Waals surface area (Å²) >= 11 is 0. The summed E-state index contributed by atoms with van der Waals surface area (Å²) in [6.07, 6.45) is 2.82. The Morgan fingerprint density at radius 1 is 1.26 bits per heavy atom. The van der Waals surface area contributed by atoms with Crippen molar-refractivity contribution in [1.82, 2.24) is 15.0 Å². The van der Waals surface area contributed by atoms with E-state index in [0.717, 1.165) is 41.4 Å². The van der Waals surface area contributed by atoms with E-state index in [1.165, 1.54) is 0 Å². The Morgan fingerprint density at radius 3 is 2.81 bits per heavy atom. The van der Waals surface area contributed by atoms with Crippen molar-refractivity contribution in [2.75, 3.05) is 6.54 Å². The van der Waals surface area contributed by atoms with Crippen molar-refractivity contribution in [3.8, 4) is 0 Å². The Bertz CT molecular complexity index is 986. The first-order chi connectivity index (χ1) is 13.0. The van der Waals surface area contributed by atoms with Crippen LogP contribution in [0.1, 0.15) is 78.5 Å². The highest BCUT2D eigenvalue weighted by Gasteiger charge is 2.35. The average Bonchev–Trinajstić information content (AvgIpc) is 3.26. The molecule has 4 rings (SSSR count). The molecule has 0 bridgehead atoms. The standard InChI is InChI=1S/C21H25N3O3/c1-12(2)19-22-20(27-23-19)16-7-5-6-10-24(16)21(25)18-14(4)15-9-8-13(3)11-17(15)26-18/h8-9,11-12,16H,5-7,10H2,1-4H3/t16-/m1/s1. The lowest BCUT2D eigenvalue weighted by molar-refractivity contribution is 0.0531. The van der Waals surface area contributed by atoms with Gasteiger partial charge in [0, 0.05) is 23.4 Å². The number of rotatable bonds is 3. The Hall–Kier alpha value is -2.63. The summed E-state index contributed by atoms with van der Waals surface area (Å²) in [5, 5.41) is 5.06. The molecule has 142 valence electrons. The quantitative estimate of drug-likeness (QED) is 0.657. The minimum absolute atomic E-state index is 0.102. The van der Waals surface area contributed by atoms with Crippen LogP contribution in [0.4, 0.5) is 0 Å². The molecule has 0 aliphatic carbocycles. The van der Waals surface area contributed by atoms with E-state index in [-0.39, 0.29) is 17.9 Å². The fraction of sp³-hybridized carbons (Fsp3) is 0.476. The van der Waals surface area contributed by atoms with Gasteiger partial charge in [0.05, 0.1) is 0 Å². The van der Waals surface area contributed by atoms with Crippen molar-refractivity contribution in [3.63, 3.8) is 0 Å². The lowest BCUT2D eigenvalue weighted by Gasteiger charge is -2.32. The SMILES string of the molecule is Cc1ccc2c(C)c(C(=O)N3CCCC[C@@H]3c3nc(C(C)C)no3)oc2c1. The highest BCUT2D eigenvalue weighted by Crippen LogP contribution is 2.34. The Kier molecular flexibility index (Phi) is 4.50. The molecule has 0 N–H and O–H groups in total. The van der Waals surface area contributed by atoms with E-state index in [4.69, 9.17) is 8.94 Å². The summed E-state index contributed by atoms with van der Waals surface area (Å²) in [5.41, 5.74) is 2.75. The summed E-state index contributed by atoms with van der Waals surface area (Å²) in [6, 6.07) is 5.83. The smallest absolute Gasteiger partial charge is 0.290 e. The molecule has 2 aromatic heterocycles. The number of aryl methyl sites for hydroxylation is 2. The molecular formula is C21H25N3O3. The highest BCUT2D eigenvalue weighted by atomic mass is 16.5. The molecule has 0 unspecified atom stereocenters. The van der Waals surface area contributed by atoms with Crippen LogP contribution in [0, 0.1) is 13.8 Å². The third-order valence-corrected chi connectivity index (χ3v) is 5.31. The van der Waals surface area contributed by atoms with Gasteiger partial charge in [0.15, 0.2) is 11.6 Å². The normalized spacial score (nSPS) is 17.8. The minimum atomic E-state index is -0.194. The van der Waals surface area contributed by atoms with Crippen molar-refractivity contribution in [3.05, 3.63) is 46.8 Å². The van der Waals surface area contributed by atoms with Crippen LogP contribution in [-0.4, -0.2) is 27.5 Å². The topological polar surface area (TPSA) is 72.4 Å². The van der Waals surface area contributed by atoms with Gasteiger partial charge < -0.3 is 13.8 Å². The van der Waals surface area contributed by atoms with E-state index >= 15 is 0 Å². The van der Waals surface area contributed by atoms with Gasteiger partial charge in [0.2, 0.25) is 5.89 Å². The lowest BCUT2D eigenvalue weighted by atomic mass is 10.0. The van der Waals surface area contributed by atoms with E-state index in [0.29, 0.717) is 24.0 Å². The van der Waals surface area contributed by atoms with Crippen molar-refractivity contribution >= 4 is 16.9 Å². The van der Waals surface area contributed by atoms with Gasteiger partial charge in [-0.3, -0.25) is 4.79 Å². The van der Waals surface area contributed by atoms with E-state index < -0.39 is 0 Å². The molecule has 0 radical (unpaired) electrons. The van der Waals surface area contributed by atoms with Crippen LogP contribution in [0.15, 0.2) is 27.1 Å². The molecule has 0 saturated carbocycles. The number of hydrogen-bond donors (Lipinski definition) is 0. The number of piperidine rings is 1. The summed E-state index contributed by atoms with van der Waals surface area (Å²) in [4.78, 5) is 19.7. The number of likely N-dealkylation sites (tertiary alicyclic amines) is 1. The predicted molar refractivity (Wildman–Crippen MR) is 102 cm³/mol. The van der Waals surface area contributed by atoms with Gasteiger partial charge in [-0.05, 0) is 44.7 Å². The van der Waals surface area contributed by atoms with Crippen molar-refractivity contribution in [1.29, 1.82) is 0 Å². The van der Waals surface area contributed by atoms with Crippen molar-refractivity contribution < 1.29 is 13.7 Å². The maximum Gasteiger partial charge on any atom is 0.290 e. The van der Waals surface area contributed by atoms with Gasteiger partial charge in [0.1, 0.15) is 11.6 Å². The van der Waals surface area contributed by atoms with Gasteiger partial charge in [-0.15, -0.1) is 0 Å². The van der Waals surface area contributed by atoms with Crippen molar-refractivity contribution in [2.24, 2.45) is 0 Å². The molecule has 1 aliphatic heterocycles. The first-order valence-corrected chi connectivity index (χ1v) is 9.60. The number of furan rings is 1. The van der Waals surface area contributed by atoms with E-state index in [1.54, 1.807) is 0 Å². The molecular weight excluding hydrogens is 342 g/mol. The summed E-state index contributed by atoms with van der Waals surface area (Å²) in [6.45, 7) is 8.67. The molecule has 1 fully saturated rings. The van der Waals surface area contributed by atoms with Crippen LogP contribution in [-0.2, 0) is 0 Å². The Balaban J connectivity index is 1.69. The van der Waals surface area contributed by atoms with Gasteiger partial charge in [-0.2, -0.15) is 4.98 Å².